The standard InChI is InChI=1S/C21H19N5O6/c1-2-30-20(28)17-15(24-21(29)25-18(17)16-4-3-9-31-16)10-32-19(27)13-5-7-14(8-6-13)26-12-22-11-23-26/h3-9,11-12,18H,2,10H2,1H3,(H2,24,25,29). The Morgan fingerprint density at radius 1 is 1.16 bits per heavy atom. The molecule has 2 N–H and O–H groups in total. The van der Waals surface area contributed by atoms with E-state index in [0.717, 1.165) is 5.69 Å². The van der Waals surface area contributed by atoms with Gasteiger partial charge in [-0.3, -0.25) is 0 Å². The molecule has 1 aliphatic rings. The normalized spacial score (nSPS) is 15.7. The summed E-state index contributed by atoms with van der Waals surface area (Å²) in [5, 5.41) is 9.16. The molecule has 3 aromatic rings. The van der Waals surface area contributed by atoms with Crippen LogP contribution in [-0.2, 0) is 14.3 Å². The first-order valence-electron chi connectivity index (χ1n) is 9.70. The Morgan fingerprint density at radius 3 is 2.62 bits per heavy atom. The molecular weight excluding hydrogens is 418 g/mol. The number of urea groups is 1. The molecular formula is C21H19N5O6. The van der Waals surface area contributed by atoms with E-state index in [1.165, 1.54) is 18.9 Å². The summed E-state index contributed by atoms with van der Waals surface area (Å²) >= 11 is 0. The molecule has 0 saturated heterocycles. The molecule has 164 valence electrons. The highest BCUT2D eigenvalue weighted by Gasteiger charge is 2.35. The predicted octanol–water partition coefficient (Wildman–Crippen LogP) is 1.89. The zero-order chi connectivity index (χ0) is 22.5. The van der Waals surface area contributed by atoms with Crippen molar-refractivity contribution in [2.75, 3.05) is 13.2 Å². The zero-order valence-electron chi connectivity index (χ0n) is 17.0. The van der Waals surface area contributed by atoms with Gasteiger partial charge in [-0.15, -0.1) is 0 Å². The summed E-state index contributed by atoms with van der Waals surface area (Å²) < 4.78 is 17.4. The maximum atomic E-state index is 12.6. The van der Waals surface area contributed by atoms with Crippen molar-refractivity contribution in [1.82, 2.24) is 25.4 Å². The summed E-state index contributed by atoms with van der Waals surface area (Å²) in [6, 6.07) is 8.34. The van der Waals surface area contributed by atoms with Gasteiger partial charge in [-0.1, -0.05) is 0 Å². The van der Waals surface area contributed by atoms with E-state index >= 15 is 0 Å². The molecule has 0 spiro atoms. The minimum atomic E-state index is -0.881. The van der Waals surface area contributed by atoms with Gasteiger partial charge in [0.25, 0.3) is 0 Å². The summed E-state index contributed by atoms with van der Waals surface area (Å²) in [6.45, 7) is 1.45. The Kier molecular flexibility index (Phi) is 5.97. The van der Waals surface area contributed by atoms with Crippen LogP contribution < -0.4 is 10.6 Å². The quantitative estimate of drug-likeness (QED) is 0.535. The first kappa shape index (κ1) is 20.8. The van der Waals surface area contributed by atoms with Crippen molar-refractivity contribution in [3.8, 4) is 5.69 Å². The number of benzene rings is 1. The fourth-order valence-electron chi connectivity index (χ4n) is 3.16. The molecule has 0 bridgehead atoms. The second kappa shape index (κ2) is 9.16. The number of nitrogens with one attached hydrogen (secondary N) is 2. The van der Waals surface area contributed by atoms with E-state index in [9.17, 15) is 14.4 Å². The average Bonchev–Trinajstić information content (AvgIpc) is 3.52. The summed E-state index contributed by atoms with van der Waals surface area (Å²) in [7, 11) is 0. The van der Waals surface area contributed by atoms with Gasteiger partial charge in [0.2, 0.25) is 0 Å². The lowest BCUT2D eigenvalue weighted by atomic mass is 10.0. The van der Waals surface area contributed by atoms with Gasteiger partial charge in [0, 0.05) is 0 Å². The molecule has 0 fully saturated rings. The largest absolute Gasteiger partial charge is 0.467 e. The Bertz CT molecular complexity index is 1140. The first-order chi connectivity index (χ1) is 15.6. The lowest BCUT2D eigenvalue weighted by Crippen LogP contribution is -2.47. The van der Waals surface area contributed by atoms with E-state index in [2.05, 4.69) is 20.7 Å². The lowest BCUT2D eigenvalue weighted by Gasteiger charge is -2.27. The summed E-state index contributed by atoms with van der Waals surface area (Å²) in [6.07, 6.45) is 4.36. The van der Waals surface area contributed by atoms with Crippen molar-refractivity contribution in [3.05, 3.63) is 77.9 Å². The van der Waals surface area contributed by atoms with Crippen molar-refractivity contribution in [3.63, 3.8) is 0 Å². The average molecular weight is 437 g/mol. The maximum Gasteiger partial charge on any atom is 0.338 e. The highest BCUT2D eigenvalue weighted by molar-refractivity contribution is 5.95. The van der Waals surface area contributed by atoms with E-state index in [0.29, 0.717) is 5.76 Å². The molecule has 11 nitrogen and oxygen atoms in total. The number of carbonyl (C=O) groups is 3. The van der Waals surface area contributed by atoms with Gasteiger partial charge in [0.15, 0.2) is 0 Å². The monoisotopic (exact) mass is 437 g/mol. The molecule has 4 rings (SSSR count). The van der Waals surface area contributed by atoms with Gasteiger partial charge >= 0.3 is 18.0 Å². The van der Waals surface area contributed by atoms with Gasteiger partial charge in [-0.25, -0.2) is 24.0 Å². The van der Waals surface area contributed by atoms with Gasteiger partial charge in [0.1, 0.15) is 31.1 Å². The van der Waals surface area contributed by atoms with Crippen LogP contribution >= 0.6 is 0 Å². The topological polar surface area (TPSA) is 138 Å². The van der Waals surface area contributed by atoms with Crippen LogP contribution in [0.5, 0.6) is 0 Å². The van der Waals surface area contributed by atoms with Crippen LogP contribution in [0, 0.1) is 0 Å². The third kappa shape index (κ3) is 4.36. The summed E-state index contributed by atoms with van der Waals surface area (Å²) in [5.74, 6) is -0.951. The van der Waals surface area contributed by atoms with Crippen LogP contribution in [0.2, 0.25) is 0 Å². The van der Waals surface area contributed by atoms with Gasteiger partial charge < -0.3 is 24.5 Å². The van der Waals surface area contributed by atoms with Crippen LogP contribution in [0.25, 0.3) is 5.69 Å². The Labute approximate surface area is 182 Å². The molecule has 0 saturated carbocycles. The Balaban J connectivity index is 1.54. The van der Waals surface area contributed by atoms with Gasteiger partial charge in [0.05, 0.1) is 35.4 Å². The fourth-order valence-corrected chi connectivity index (χ4v) is 3.16. The van der Waals surface area contributed by atoms with E-state index in [-0.39, 0.29) is 30.0 Å². The van der Waals surface area contributed by atoms with E-state index in [1.807, 2.05) is 0 Å². The summed E-state index contributed by atoms with van der Waals surface area (Å²) in [4.78, 5) is 41.2. The smallest absolute Gasteiger partial charge is 0.338 e. The Hall–Kier alpha value is -4.41. The number of ether oxygens (including phenoxy) is 2. The van der Waals surface area contributed by atoms with Crippen LogP contribution in [-0.4, -0.2) is 45.9 Å². The highest BCUT2D eigenvalue weighted by Crippen LogP contribution is 2.28. The molecule has 0 aliphatic carbocycles. The molecule has 32 heavy (non-hydrogen) atoms. The molecule has 2 amide bonds. The number of esters is 2. The van der Waals surface area contributed by atoms with Crippen LogP contribution in [0.15, 0.2) is 71.0 Å². The molecule has 1 aromatic carbocycles. The van der Waals surface area contributed by atoms with Crippen LogP contribution in [0.4, 0.5) is 4.79 Å². The number of hydrogen-bond donors (Lipinski definition) is 2. The number of aromatic nitrogens is 3. The number of carbonyl (C=O) groups excluding carboxylic acids is 3. The highest BCUT2D eigenvalue weighted by atomic mass is 16.5. The minimum absolute atomic E-state index is 0.0933. The van der Waals surface area contributed by atoms with E-state index < -0.39 is 24.0 Å². The fraction of sp³-hybridized carbons (Fsp3) is 0.190. The molecule has 1 unspecified atom stereocenters. The number of nitrogens with zero attached hydrogens (tertiary/aromatic N) is 3. The number of hydrogen-bond acceptors (Lipinski definition) is 8. The number of amides is 2. The Morgan fingerprint density at radius 2 is 1.97 bits per heavy atom. The number of rotatable bonds is 7. The van der Waals surface area contributed by atoms with E-state index in [1.54, 1.807) is 48.0 Å². The maximum absolute atomic E-state index is 12.6. The van der Waals surface area contributed by atoms with Crippen molar-refractivity contribution in [2.45, 2.75) is 13.0 Å². The summed E-state index contributed by atoms with van der Waals surface area (Å²) in [5.41, 5.74) is 1.21. The third-order valence-corrected chi connectivity index (χ3v) is 4.61. The molecule has 11 heteroatoms. The van der Waals surface area contributed by atoms with Gasteiger partial charge in [-0.05, 0) is 43.3 Å². The van der Waals surface area contributed by atoms with E-state index in [4.69, 9.17) is 13.9 Å². The van der Waals surface area contributed by atoms with Gasteiger partial charge in [-0.2, -0.15) is 5.10 Å². The third-order valence-electron chi connectivity index (χ3n) is 4.61. The van der Waals surface area contributed by atoms with Crippen molar-refractivity contribution in [1.29, 1.82) is 0 Å². The first-order valence-corrected chi connectivity index (χ1v) is 9.70. The SMILES string of the molecule is CCOC(=O)C1=C(COC(=O)c2ccc(-n3cncn3)cc2)NC(=O)NC1c1ccco1. The lowest BCUT2D eigenvalue weighted by molar-refractivity contribution is -0.139. The molecule has 0 radical (unpaired) electrons. The molecule has 3 heterocycles. The second-order valence-corrected chi connectivity index (χ2v) is 6.62. The van der Waals surface area contributed by atoms with Crippen molar-refractivity contribution >= 4 is 18.0 Å². The molecule has 2 aromatic heterocycles. The molecule has 1 aliphatic heterocycles. The van der Waals surface area contributed by atoms with Crippen LogP contribution in [0.3, 0.4) is 0 Å². The second-order valence-electron chi connectivity index (χ2n) is 6.62. The van der Waals surface area contributed by atoms with Crippen LogP contribution in [0.1, 0.15) is 29.1 Å². The zero-order valence-corrected chi connectivity index (χ0v) is 17.0. The van der Waals surface area contributed by atoms with Crippen molar-refractivity contribution in [2.24, 2.45) is 0 Å². The minimum Gasteiger partial charge on any atom is -0.467 e. The predicted molar refractivity (Wildman–Crippen MR) is 108 cm³/mol. The number of furan rings is 1. The van der Waals surface area contributed by atoms with Crippen molar-refractivity contribution < 1.29 is 28.3 Å². The molecule has 1 atom stereocenters.